The Balaban J connectivity index is 1.64. The van der Waals surface area contributed by atoms with Crippen molar-refractivity contribution in [3.05, 3.63) is 66.0 Å². The van der Waals surface area contributed by atoms with Crippen LogP contribution in [-0.2, 0) is 19.8 Å². The Labute approximate surface area is 143 Å². The molecule has 0 aliphatic carbocycles. The summed E-state index contributed by atoms with van der Waals surface area (Å²) in [6.45, 7) is 2.69. The van der Waals surface area contributed by atoms with Crippen LogP contribution in [0.1, 0.15) is 29.9 Å². The summed E-state index contributed by atoms with van der Waals surface area (Å²) in [6.07, 6.45) is 0.440. The van der Waals surface area contributed by atoms with Crippen molar-refractivity contribution in [2.45, 2.75) is 25.7 Å². The van der Waals surface area contributed by atoms with Gasteiger partial charge in [0.05, 0.1) is 17.7 Å². The average molecular weight is 349 g/mol. The molecular weight excluding hydrogens is 331 g/mol. The first kappa shape index (κ1) is 17.2. The molecular formula is C17H18F3N5. The molecule has 1 aromatic carbocycles. The maximum Gasteiger partial charge on any atom is 0.435 e. The Morgan fingerprint density at radius 2 is 1.88 bits per heavy atom. The number of nitrogens with one attached hydrogen (secondary N) is 1. The SMILES string of the molecule is CC(NCc1ccc(-n2ccc(C(F)(F)F)n2)cc1)c1cncn1C. The van der Waals surface area contributed by atoms with Crippen LogP contribution in [0.3, 0.4) is 0 Å². The first-order chi connectivity index (χ1) is 11.8. The van der Waals surface area contributed by atoms with Crippen LogP contribution < -0.4 is 5.32 Å². The smallest absolute Gasteiger partial charge is 0.336 e. The van der Waals surface area contributed by atoms with Gasteiger partial charge in [-0.15, -0.1) is 0 Å². The molecule has 0 spiro atoms. The number of aromatic nitrogens is 4. The van der Waals surface area contributed by atoms with Crippen molar-refractivity contribution in [3.63, 3.8) is 0 Å². The van der Waals surface area contributed by atoms with Gasteiger partial charge < -0.3 is 9.88 Å². The van der Waals surface area contributed by atoms with Crippen LogP contribution in [0.5, 0.6) is 0 Å². The van der Waals surface area contributed by atoms with Crippen molar-refractivity contribution >= 4 is 0 Å². The maximum absolute atomic E-state index is 12.6. The zero-order valence-electron chi connectivity index (χ0n) is 13.8. The minimum absolute atomic E-state index is 0.132. The summed E-state index contributed by atoms with van der Waals surface area (Å²) >= 11 is 0. The third-order valence-corrected chi connectivity index (χ3v) is 3.99. The first-order valence-electron chi connectivity index (χ1n) is 7.76. The van der Waals surface area contributed by atoms with Crippen LogP contribution in [0.2, 0.25) is 0 Å². The van der Waals surface area contributed by atoms with Gasteiger partial charge >= 0.3 is 6.18 Å². The lowest BCUT2D eigenvalue weighted by molar-refractivity contribution is -0.141. The van der Waals surface area contributed by atoms with Crippen molar-refractivity contribution in [1.29, 1.82) is 0 Å². The second-order valence-corrected chi connectivity index (χ2v) is 5.84. The normalized spacial score (nSPS) is 13.2. The van der Waals surface area contributed by atoms with E-state index in [4.69, 9.17) is 0 Å². The molecule has 0 saturated carbocycles. The second kappa shape index (κ2) is 6.72. The lowest BCUT2D eigenvalue weighted by Crippen LogP contribution is -2.20. The number of hydrogen-bond acceptors (Lipinski definition) is 3. The van der Waals surface area contributed by atoms with Crippen molar-refractivity contribution in [2.24, 2.45) is 7.05 Å². The van der Waals surface area contributed by atoms with E-state index in [0.29, 0.717) is 12.2 Å². The van der Waals surface area contributed by atoms with Crippen LogP contribution in [0.4, 0.5) is 13.2 Å². The quantitative estimate of drug-likeness (QED) is 0.767. The number of benzene rings is 1. The highest BCUT2D eigenvalue weighted by Crippen LogP contribution is 2.27. The van der Waals surface area contributed by atoms with Crippen molar-refractivity contribution in [2.75, 3.05) is 0 Å². The van der Waals surface area contributed by atoms with Crippen LogP contribution in [0.25, 0.3) is 5.69 Å². The van der Waals surface area contributed by atoms with E-state index in [1.807, 2.05) is 36.9 Å². The standard InChI is InChI=1S/C17H18F3N5/c1-12(15-10-21-11-24(15)2)22-9-13-3-5-14(6-4-13)25-8-7-16(23-25)17(18,19)20/h3-8,10-12,22H,9H2,1-2H3. The molecule has 1 N–H and O–H groups in total. The van der Waals surface area contributed by atoms with Crippen LogP contribution in [0, 0.1) is 0 Å². The van der Waals surface area contributed by atoms with Gasteiger partial charge in [0.15, 0.2) is 5.69 Å². The number of imidazole rings is 1. The van der Waals surface area contributed by atoms with E-state index < -0.39 is 11.9 Å². The van der Waals surface area contributed by atoms with Gasteiger partial charge in [-0.05, 0) is 30.7 Å². The largest absolute Gasteiger partial charge is 0.435 e. The molecule has 0 aliphatic rings. The van der Waals surface area contributed by atoms with Gasteiger partial charge in [0.1, 0.15) is 0 Å². The Morgan fingerprint density at radius 1 is 1.16 bits per heavy atom. The van der Waals surface area contributed by atoms with Crippen molar-refractivity contribution < 1.29 is 13.2 Å². The van der Waals surface area contributed by atoms with E-state index in [9.17, 15) is 13.2 Å². The van der Waals surface area contributed by atoms with Crippen LogP contribution >= 0.6 is 0 Å². The highest BCUT2D eigenvalue weighted by Gasteiger charge is 2.33. The number of nitrogens with zero attached hydrogens (tertiary/aromatic N) is 4. The molecule has 3 rings (SSSR count). The van der Waals surface area contributed by atoms with E-state index in [0.717, 1.165) is 17.3 Å². The van der Waals surface area contributed by atoms with Crippen molar-refractivity contribution in [3.8, 4) is 5.69 Å². The predicted octanol–water partition coefficient (Wildman–Crippen LogP) is 3.48. The van der Waals surface area contributed by atoms with E-state index in [-0.39, 0.29) is 6.04 Å². The molecule has 0 saturated heterocycles. The van der Waals surface area contributed by atoms with Gasteiger partial charge in [-0.25, -0.2) is 9.67 Å². The monoisotopic (exact) mass is 349 g/mol. The fraction of sp³-hybridized carbons (Fsp3) is 0.294. The molecule has 8 heteroatoms. The number of rotatable bonds is 5. The van der Waals surface area contributed by atoms with Crippen molar-refractivity contribution in [1.82, 2.24) is 24.6 Å². The minimum atomic E-state index is -4.43. The lowest BCUT2D eigenvalue weighted by Gasteiger charge is -2.14. The zero-order valence-corrected chi connectivity index (χ0v) is 13.8. The Hall–Kier alpha value is -2.61. The molecule has 2 aromatic heterocycles. The summed E-state index contributed by atoms with van der Waals surface area (Å²) < 4.78 is 41.0. The summed E-state index contributed by atoms with van der Waals surface area (Å²) in [5.41, 5.74) is 1.79. The van der Waals surface area contributed by atoms with E-state index in [1.54, 1.807) is 18.5 Å². The summed E-state index contributed by atoms with van der Waals surface area (Å²) in [5, 5.41) is 6.96. The maximum atomic E-state index is 12.6. The van der Waals surface area contributed by atoms with Gasteiger partial charge in [0, 0.05) is 32.0 Å². The third-order valence-electron chi connectivity index (χ3n) is 3.99. The minimum Gasteiger partial charge on any atom is -0.336 e. The highest BCUT2D eigenvalue weighted by atomic mass is 19.4. The van der Waals surface area contributed by atoms with E-state index >= 15 is 0 Å². The third kappa shape index (κ3) is 3.90. The van der Waals surface area contributed by atoms with E-state index in [1.165, 1.54) is 10.9 Å². The molecule has 25 heavy (non-hydrogen) atoms. The molecule has 132 valence electrons. The molecule has 1 unspecified atom stereocenters. The van der Waals surface area contributed by atoms with Gasteiger partial charge in [-0.2, -0.15) is 18.3 Å². The Bertz CT molecular complexity index is 833. The summed E-state index contributed by atoms with van der Waals surface area (Å²) in [5.74, 6) is 0. The van der Waals surface area contributed by atoms with Crippen LogP contribution in [-0.4, -0.2) is 19.3 Å². The van der Waals surface area contributed by atoms with Gasteiger partial charge in [-0.1, -0.05) is 12.1 Å². The topological polar surface area (TPSA) is 47.7 Å². The average Bonchev–Trinajstić information content (AvgIpc) is 3.22. The molecule has 0 bridgehead atoms. The van der Waals surface area contributed by atoms with E-state index in [2.05, 4.69) is 15.4 Å². The molecule has 0 aliphatic heterocycles. The molecule has 0 fully saturated rings. The molecule has 0 amide bonds. The Kier molecular flexibility index (Phi) is 4.63. The fourth-order valence-electron chi connectivity index (χ4n) is 2.55. The summed E-state index contributed by atoms with van der Waals surface area (Å²) in [7, 11) is 1.94. The zero-order chi connectivity index (χ0) is 18.0. The molecule has 3 aromatic rings. The number of alkyl halides is 3. The number of hydrogen-bond donors (Lipinski definition) is 1. The molecule has 2 heterocycles. The van der Waals surface area contributed by atoms with Gasteiger partial charge in [0.2, 0.25) is 0 Å². The first-order valence-corrected chi connectivity index (χ1v) is 7.76. The molecule has 0 radical (unpaired) electrons. The van der Waals surface area contributed by atoms with Gasteiger partial charge in [-0.3, -0.25) is 0 Å². The van der Waals surface area contributed by atoms with Gasteiger partial charge in [0.25, 0.3) is 0 Å². The highest BCUT2D eigenvalue weighted by molar-refractivity contribution is 5.34. The summed E-state index contributed by atoms with van der Waals surface area (Å²) in [4.78, 5) is 4.10. The number of halogens is 3. The number of aryl methyl sites for hydroxylation is 1. The fourth-order valence-corrected chi connectivity index (χ4v) is 2.55. The molecule has 1 atom stereocenters. The van der Waals surface area contributed by atoms with Crippen LogP contribution in [0.15, 0.2) is 49.1 Å². The second-order valence-electron chi connectivity index (χ2n) is 5.84. The lowest BCUT2D eigenvalue weighted by atomic mass is 10.2. The predicted molar refractivity (Wildman–Crippen MR) is 87.0 cm³/mol. The molecule has 5 nitrogen and oxygen atoms in total. The Morgan fingerprint density at radius 3 is 2.44 bits per heavy atom. The summed E-state index contributed by atoms with van der Waals surface area (Å²) in [6, 6.07) is 8.33.